The van der Waals surface area contributed by atoms with E-state index in [1.54, 1.807) is 0 Å². The molecular weight excluding hydrogens is 619 g/mol. The predicted molar refractivity (Wildman–Crippen MR) is 215 cm³/mol. The van der Waals surface area contributed by atoms with Gasteiger partial charge in [-0.3, -0.25) is 0 Å². The summed E-state index contributed by atoms with van der Waals surface area (Å²) in [5.74, 6) is 0. The summed E-state index contributed by atoms with van der Waals surface area (Å²) in [6.45, 7) is 0. The van der Waals surface area contributed by atoms with Crippen LogP contribution in [0.15, 0.2) is 176 Å². The molecule has 4 heterocycles. The van der Waals surface area contributed by atoms with Gasteiger partial charge in [0.25, 0.3) is 0 Å². The zero-order valence-corrected chi connectivity index (χ0v) is 27.6. The van der Waals surface area contributed by atoms with Crippen molar-refractivity contribution in [2.45, 2.75) is 0 Å². The van der Waals surface area contributed by atoms with Gasteiger partial charge < -0.3 is 13.5 Å². The van der Waals surface area contributed by atoms with Gasteiger partial charge in [0, 0.05) is 54.5 Å². The second-order valence-electron chi connectivity index (χ2n) is 13.8. The maximum Gasteiger partial charge on any atom is 0.0620 e. The molecule has 0 fully saturated rings. The Balaban J connectivity index is 1.11. The van der Waals surface area contributed by atoms with E-state index in [1.165, 1.54) is 98.5 Å². The Morgan fingerprint density at radius 1 is 0.255 bits per heavy atom. The Morgan fingerprint density at radius 3 is 1.37 bits per heavy atom. The zero-order chi connectivity index (χ0) is 33.2. The van der Waals surface area contributed by atoms with E-state index in [-0.39, 0.29) is 0 Å². The summed E-state index contributed by atoms with van der Waals surface area (Å²) in [5.41, 5.74) is 13.4. The highest BCUT2D eigenvalue weighted by Gasteiger charge is 2.20. The standard InChI is InChI=1S/C48H29N3/c1-2-12-32(13-3-1)49-42-18-8-4-14-34(42)38-24-23-33(29-47(38)49)50-43-19-9-5-15-35(43)39-26-30(22-25-46(39)50)31-27-40-36-16-6-10-20-44(36)51-45-21-11-7-17-37(45)41(28-31)48(40)51/h1-29H. The first-order chi connectivity index (χ1) is 25.3. The van der Waals surface area contributed by atoms with E-state index < -0.39 is 0 Å². The highest BCUT2D eigenvalue weighted by Crippen LogP contribution is 2.43. The van der Waals surface area contributed by atoms with Crippen molar-refractivity contribution >= 4 is 81.7 Å². The topological polar surface area (TPSA) is 14.3 Å². The van der Waals surface area contributed by atoms with Crippen molar-refractivity contribution in [2.24, 2.45) is 0 Å². The van der Waals surface area contributed by atoms with Crippen LogP contribution in [0.1, 0.15) is 0 Å². The molecule has 0 spiro atoms. The molecule has 0 N–H and O–H groups in total. The van der Waals surface area contributed by atoms with E-state index in [9.17, 15) is 0 Å². The molecule has 0 unspecified atom stereocenters. The Hall–Kier alpha value is -6.84. The predicted octanol–water partition coefficient (Wildman–Crippen LogP) is 12.7. The average Bonchev–Trinajstić information content (AvgIpc) is 3.92. The Labute approximate surface area is 292 Å². The summed E-state index contributed by atoms with van der Waals surface area (Å²) in [5, 5.41) is 10.2. The van der Waals surface area contributed by atoms with Crippen LogP contribution in [0, 0.1) is 0 Å². The highest BCUT2D eigenvalue weighted by molar-refractivity contribution is 6.24. The van der Waals surface area contributed by atoms with Crippen LogP contribution < -0.4 is 0 Å². The van der Waals surface area contributed by atoms with Crippen molar-refractivity contribution in [3.63, 3.8) is 0 Å². The monoisotopic (exact) mass is 647 g/mol. The number of rotatable bonds is 3. The van der Waals surface area contributed by atoms with Gasteiger partial charge in [0.1, 0.15) is 0 Å². The number of nitrogens with zero attached hydrogens (tertiary/aromatic N) is 3. The van der Waals surface area contributed by atoms with E-state index in [0.29, 0.717) is 0 Å². The quantitative estimate of drug-likeness (QED) is 0.181. The first kappa shape index (κ1) is 27.0. The van der Waals surface area contributed by atoms with Gasteiger partial charge in [0.15, 0.2) is 0 Å². The molecule has 0 saturated carbocycles. The molecule has 0 atom stereocenters. The molecule has 236 valence electrons. The van der Waals surface area contributed by atoms with Crippen molar-refractivity contribution in [1.82, 2.24) is 13.5 Å². The third-order valence-electron chi connectivity index (χ3n) is 11.1. The molecule has 0 amide bonds. The van der Waals surface area contributed by atoms with Crippen LogP contribution in [-0.4, -0.2) is 13.5 Å². The first-order valence-corrected chi connectivity index (χ1v) is 17.6. The van der Waals surface area contributed by atoms with E-state index in [0.717, 1.165) is 5.69 Å². The molecule has 0 aliphatic rings. The van der Waals surface area contributed by atoms with Crippen LogP contribution in [-0.2, 0) is 0 Å². The van der Waals surface area contributed by atoms with Crippen molar-refractivity contribution < 1.29 is 0 Å². The molecule has 3 nitrogen and oxygen atoms in total. The number of para-hydroxylation sites is 5. The number of fused-ring (bicyclic) bond motifs is 12. The molecule has 4 aromatic heterocycles. The van der Waals surface area contributed by atoms with Gasteiger partial charge in [0.2, 0.25) is 0 Å². The minimum absolute atomic E-state index is 1.15. The zero-order valence-electron chi connectivity index (χ0n) is 27.6. The van der Waals surface area contributed by atoms with Gasteiger partial charge in [-0.1, -0.05) is 103 Å². The van der Waals surface area contributed by atoms with Crippen molar-refractivity contribution in [2.75, 3.05) is 0 Å². The van der Waals surface area contributed by atoms with E-state index in [1.807, 2.05) is 0 Å². The molecule has 0 aliphatic heterocycles. The van der Waals surface area contributed by atoms with Gasteiger partial charge in [-0.15, -0.1) is 0 Å². The van der Waals surface area contributed by atoms with E-state index in [2.05, 4.69) is 189 Å². The fourth-order valence-electron chi connectivity index (χ4n) is 9.00. The van der Waals surface area contributed by atoms with Gasteiger partial charge in [-0.25, -0.2) is 0 Å². The number of hydrogen-bond acceptors (Lipinski definition) is 0. The number of hydrogen-bond donors (Lipinski definition) is 0. The lowest BCUT2D eigenvalue weighted by Gasteiger charge is -2.11. The minimum atomic E-state index is 1.15. The van der Waals surface area contributed by atoms with Crippen LogP contribution in [0.3, 0.4) is 0 Å². The molecule has 0 radical (unpaired) electrons. The Kier molecular flexibility index (Phi) is 5.23. The molecule has 0 saturated heterocycles. The van der Waals surface area contributed by atoms with Crippen molar-refractivity contribution in [3.05, 3.63) is 176 Å². The molecule has 51 heavy (non-hydrogen) atoms. The molecule has 3 heteroatoms. The van der Waals surface area contributed by atoms with E-state index >= 15 is 0 Å². The Bertz CT molecular complexity index is 3270. The average molecular weight is 648 g/mol. The largest absolute Gasteiger partial charge is 0.309 e. The summed E-state index contributed by atoms with van der Waals surface area (Å²) >= 11 is 0. The number of benzene rings is 8. The fourth-order valence-corrected chi connectivity index (χ4v) is 9.00. The third kappa shape index (κ3) is 3.57. The second-order valence-corrected chi connectivity index (χ2v) is 13.8. The van der Waals surface area contributed by atoms with Crippen LogP contribution in [0.5, 0.6) is 0 Å². The van der Waals surface area contributed by atoms with Crippen LogP contribution in [0.25, 0.3) is 104 Å². The van der Waals surface area contributed by atoms with Crippen molar-refractivity contribution in [3.8, 4) is 22.5 Å². The van der Waals surface area contributed by atoms with Crippen molar-refractivity contribution in [1.29, 1.82) is 0 Å². The molecule has 8 aromatic carbocycles. The highest BCUT2D eigenvalue weighted by atomic mass is 15.0. The molecule has 0 aliphatic carbocycles. The van der Waals surface area contributed by atoms with Crippen LogP contribution in [0.4, 0.5) is 0 Å². The summed E-state index contributed by atoms with van der Waals surface area (Å²) in [7, 11) is 0. The smallest absolute Gasteiger partial charge is 0.0620 e. The third-order valence-corrected chi connectivity index (χ3v) is 11.1. The molecule has 12 rings (SSSR count). The lowest BCUT2D eigenvalue weighted by Crippen LogP contribution is -1.96. The lowest BCUT2D eigenvalue weighted by atomic mass is 9.98. The second kappa shape index (κ2) is 9.87. The maximum atomic E-state index is 2.45. The van der Waals surface area contributed by atoms with Gasteiger partial charge in [-0.2, -0.15) is 0 Å². The fraction of sp³-hybridized carbons (Fsp3) is 0. The Morgan fingerprint density at radius 2 is 0.725 bits per heavy atom. The van der Waals surface area contributed by atoms with Gasteiger partial charge in [0.05, 0.1) is 38.6 Å². The minimum Gasteiger partial charge on any atom is -0.309 e. The molecule has 12 aromatic rings. The first-order valence-electron chi connectivity index (χ1n) is 17.6. The summed E-state index contributed by atoms with van der Waals surface area (Å²) < 4.78 is 7.28. The van der Waals surface area contributed by atoms with Gasteiger partial charge in [-0.05, 0) is 83.9 Å². The van der Waals surface area contributed by atoms with Crippen LogP contribution in [0.2, 0.25) is 0 Å². The number of aromatic nitrogens is 3. The summed E-state index contributed by atoms with van der Waals surface area (Å²) in [4.78, 5) is 0. The SMILES string of the molecule is c1ccc(-n2c3ccccc3c3ccc(-n4c5ccccc5c5cc(-c6cc7c8ccccc8n8c9ccccc9c(c6)c78)ccc54)cc32)cc1. The van der Waals surface area contributed by atoms with Gasteiger partial charge >= 0.3 is 0 Å². The normalized spacial score (nSPS) is 12.3. The van der Waals surface area contributed by atoms with Crippen LogP contribution >= 0.6 is 0 Å². The molecular formula is C48H29N3. The lowest BCUT2D eigenvalue weighted by molar-refractivity contribution is 1.15. The molecule has 0 bridgehead atoms. The maximum absolute atomic E-state index is 2.45. The summed E-state index contributed by atoms with van der Waals surface area (Å²) in [6.07, 6.45) is 0. The summed E-state index contributed by atoms with van der Waals surface area (Å²) in [6, 6.07) is 64.7. The van der Waals surface area contributed by atoms with E-state index in [4.69, 9.17) is 0 Å².